The van der Waals surface area contributed by atoms with Crippen LogP contribution in [0.1, 0.15) is 16.8 Å². The lowest BCUT2D eigenvalue weighted by Gasteiger charge is -2.17. The second kappa shape index (κ2) is 8.41. The van der Waals surface area contributed by atoms with Crippen molar-refractivity contribution in [3.8, 4) is 5.75 Å². The molecule has 1 heterocycles. The number of benzene rings is 2. The Bertz CT molecular complexity index is 897. The predicted octanol–water partition coefficient (Wildman–Crippen LogP) is 2.50. The summed E-state index contributed by atoms with van der Waals surface area (Å²) in [6, 6.07) is 13.7. The van der Waals surface area contributed by atoms with Crippen LogP contribution in [-0.2, 0) is 14.8 Å². The molecule has 0 spiro atoms. The van der Waals surface area contributed by atoms with Crippen LogP contribution in [0.2, 0.25) is 0 Å². The molecular formula is C19H22N2O5S. The highest BCUT2D eigenvalue weighted by molar-refractivity contribution is 7.93. The van der Waals surface area contributed by atoms with Gasteiger partial charge in [-0.2, -0.15) is 0 Å². The first kappa shape index (κ1) is 19.2. The van der Waals surface area contributed by atoms with Crippen LogP contribution in [0.4, 0.5) is 11.4 Å². The fourth-order valence-electron chi connectivity index (χ4n) is 2.82. The van der Waals surface area contributed by atoms with E-state index < -0.39 is 10.0 Å². The summed E-state index contributed by atoms with van der Waals surface area (Å²) in [6.45, 7) is 1.38. The Morgan fingerprint density at radius 2 is 1.93 bits per heavy atom. The van der Waals surface area contributed by atoms with E-state index in [-0.39, 0.29) is 11.7 Å². The highest BCUT2D eigenvalue weighted by Gasteiger charge is 2.28. The van der Waals surface area contributed by atoms with E-state index in [0.717, 1.165) is 0 Å². The van der Waals surface area contributed by atoms with Crippen molar-refractivity contribution in [3.63, 3.8) is 0 Å². The van der Waals surface area contributed by atoms with Crippen molar-refractivity contribution in [1.82, 2.24) is 0 Å². The van der Waals surface area contributed by atoms with Crippen LogP contribution in [0, 0.1) is 0 Å². The molecule has 0 bridgehead atoms. The number of hydrogen-bond donors (Lipinski definition) is 1. The minimum atomic E-state index is -3.23. The van der Waals surface area contributed by atoms with Crippen LogP contribution in [0.5, 0.6) is 5.75 Å². The molecule has 7 nitrogen and oxygen atoms in total. The summed E-state index contributed by atoms with van der Waals surface area (Å²) in [5.74, 6) is 0.525. The minimum absolute atomic E-state index is 0.165. The molecule has 1 saturated heterocycles. The molecule has 1 N–H and O–H groups in total. The standard InChI is InChI=1S/C19H22N2O5S/c1-25-11-12-26-18-5-2-4-16(14-18)20-19(22)15-6-8-17(9-7-15)21-10-3-13-27(21,23)24/h2,4-9,14H,3,10-13H2,1H3,(H,20,22). The average molecular weight is 390 g/mol. The first-order valence-electron chi connectivity index (χ1n) is 8.63. The molecule has 1 aliphatic rings. The van der Waals surface area contributed by atoms with Gasteiger partial charge in [0.25, 0.3) is 5.91 Å². The van der Waals surface area contributed by atoms with E-state index >= 15 is 0 Å². The molecule has 2 aromatic carbocycles. The Morgan fingerprint density at radius 1 is 1.15 bits per heavy atom. The number of nitrogens with zero attached hydrogens (tertiary/aromatic N) is 1. The molecule has 1 fully saturated rings. The first-order chi connectivity index (χ1) is 13.0. The van der Waals surface area contributed by atoms with E-state index in [1.807, 2.05) is 0 Å². The van der Waals surface area contributed by atoms with Crippen molar-refractivity contribution in [1.29, 1.82) is 0 Å². The number of anilines is 2. The van der Waals surface area contributed by atoms with Crippen molar-refractivity contribution in [2.45, 2.75) is 6.42 Å². The second-order valence-corrected chi connectivity index (χ2v) is 8.12. The van der Waals surface area contributed by atoms with Gasteiger partial charge in [0.05, 0.1) is 18.0 Å². The summed E-state index contributed by atoms with van der Waals surface area (Å²) in [7, 11) is -1.62. The molecule has 0 atom stereocenters. The van der Waals surface area contributed by atoms with Crippen LogP contribution in [0.25, 0.3) is 0 Å². The average Bonchev–Trinajstić information content (AvgIpc) is 3.01. The zero-order valence-electron chi connectivity index (χ0n) is 15.1. The summed E-state index contributed by atoms with van der Waals surface area (Å²) >= 11 is 0. The molecule has 0 aliphatic carbocycles. The molecule has 27 heavy (non-hydrogen) atoms. The lowest BCUT2D eigenvalue weighted by Crippen LogP contribution is -2.25. The van der Waals surface area contributed by atoms with Crippen LogP contribution in [-0.4, -0.2) is 46.9 Å². The number of hydrogen-bond acceptors (Lipinski definition) is 5. The Kier molecular flexibility index (Phi) is 5.98. The van der Waals surface area contributed by atoms with Crippen molar-refractivity contribution in [3.05, 3.63) is 54.1 Å². The van der Waals surface area contributed by atoms with Gasteiger partial charge in [0, 0.05) is 31.0 Å². The van der Waals surface area contributed by atoms with Crippen molar-refractivity contribution < 1.29 is 22.7 Å². The second-order valence-electron chi connectivity index (χ2n) is 6.11. The van der Waals surface area contributed by atoms with Gasteiger partial charge in [0.1, 0.15) is 12.4 Å². The van der Waals surface area contributed by atoms with Gasteiger partial charge in [-0.3, -0.25) is 9.10 Å². The maximum Gasteiger partial charge on any atom is 0.255 e. The van der Waals surface area contributed by atoms with E-state index in [4.69, 9.17) is 9.47 Å². The van der Waals surface area contributed by atoms with Crippen LogP contribution in [0.3, 0.4) is 0 Å². The molecule has 1 aliphatic heterocycles. The van der Waals surface area contributed by atoms with Crippen molar-refractivity contribution >= 4 is 27.3 Å². The number of rotatable bonds is 7. The molecule has 1 amide bonds. The lowest BCUT2D eigenvalue weighted by molar-refractivity contribution is 0.102. The molecule has 3 rings (SSSR count). The number of carbonyl (C=O) groups excluding carboxylic acids is 1. The van der Waals surface area contributed by atoms with Gasteiger partial charge in [-0.1, -0.05) is 6.07 Å². The molecular weight excluding hydrogens is 368 g/mol. The zero-order valence-corrected chi connectivity index (χ0v) is 15.9. The highest BCUT2D eigenvalue weighted by Crippen LogP contribution is 2.24. The number of methoxy groups -OCH3 is 1. The molecule has 2 aromatic rings. The summed E-state index contributed by atoms with van der Waals surface area (Å²) in [5, 5.41) is 2.81. The molecule has 144 valence electrons. The molecule has 0 aromatic heterocycles. The normalized spacial score (nSPS) is 15.5. The van der Waals surface area contributed by atoms with Crippen LogP contribution >= 0.6 is 0 Å². The molecule has 0 saturated carbocycles. The van der Waals surface area contributed by atoms with Gasteiger partial charge in [-0.15, -0.1) is 0 Å². The third-order valence-electron chi connectivity index (χ3n) is 4.16. The third-order valence-corrected chi connectivity index (χ3v) is 6.03. The van der Waals surface area contributed by atoms with E-state index in [9.17, 15) is 13.2 Å². The Hall–Kier alpha value is -2.58. The Labute approximate surface area is 158 Å². The number of sulfonamides is 1. The van der Waals surface area contributed by atoms with Gasteiger partial charge in [-0.05, 0) is 42.8 Å². The van der Waals surface area contributed by atoms with Gasteiger partial charge >= 0.3 is 0 Å². The van der Waals surface area contributed by atoms with Gasteiger partial charge in [0.15, 0.2) is 0 Å². The fourth-order valence-corrected chi connectivity index (χ4v) is 4.38. The first-order valence-corrected chi connectivity index (χ1v) is 10.2. The Morgan fingerprint density at radius 3 is 2.59 bits per heavy atom. The monoisotopic (exact) mass is 390 g/mol. The number of amides is 1. The number of nitrogens with one attached hydrogen (secondary N) is 1. The predicted molar refractivity (Wildman–Crippen MR) is 104 cm³/mol. The van der Waals surface area contributed by atoms with E-state index in [0.29, 0.717) is 48.9 Å². The van der Waals surface area contributed by atoms with Gasteiger partial charge in [-0.25, -0.2) is 8.42 Å². The highest BCUT2D eigenvalue weighted by atomic mass is 32.2. The smallest absolute Gasteiger partial charge is 0.255 e. The maximum atomic E-state index is 12.4. The van der Waals surface area contributed by atoms with Crippen molar-refractivity contribution in [2.24, 2.45) is 0 Å². The zero-order chi connectivity index (χ0) is 19.3. The topological polar surface area (TPSA) is 84.9 Å². The quantitative estimate of drug-likeness (QED) is 0.735. The minimum Gasteiger partial charge on any atom is -0.491 e. The van der Waals surface area contributed by atoms with E-state index in [1.54, 1.807) is 55.6 Å². The third kappa shape index (κ3) is 4.78. The maximum absolute atomic E-state index is 12.4. The van der Waals surface area contributed by atoms with Crippen LogP contribution < -0.4 is 14.4 Å². The van der Waals surface area contributed by atoms with Gasteiger partial charge in [0.2, 0.25) is 10.0 Å². The number of ether oxygens (including phenoxy) is 2. The number of carbonyl (C=O) groups is 1. The summed E-state index contributed by atoms with van der Waals surface area (Å²) in [4.78, 5) is 12.4. The molecule has 0 radical (unpaired) electrons. The van der Waals surface area contributed by atoms with Gasteiger partial charge < -0.3 is 14.8 Å². The summed E-state index contributed by atoms with van der Waals surface area (Å²) < 4.78 is 35.8. The molecule has 0 unspecified atom stereocenters. The summed E-state index contributed by atoms with van der Waals surface area (Å²) in [6.07, 6.45) is 0.618. The SMILES string of the molecule is COCCOc1cccc(NC(=O)c2ccc(N3CCCS3(=O)=O)cc2)c1. The van der Waals surface area contributed by atoms with Crippen LogP contribution in [0.15, 0.2) is 48.5 Å². The van der Waals surface area contributed by atoms with E-state index in [1.165, 1.54) is 4.31 Å². The largest absolute Gasteiger partial charge is 0.491 e. The molecule has 8 heteroatoms. The van der Waals surface area contributed by atoms with Crippen molar-refractivity contribution in [2.75, 3.05) is 42.2 Å². The fraction of sp³-hybridized carbons (Fsp3) is 0.316. The van der Waals surface area contributed by atoms with E-state index in [2.05, 4.69) is 5.32 Å². The lowest BCUT2D eigenvalue weighted by atomic mass is 10.2. The Balaban J connectivity index is 1.65. The summed E-state index contributed by atoms with van der Waals surface area (Å²) in [5.41, 5.74) is 1.64.